The first-order valence-corrected chi connectivity index (χ1v) is 11.7. The van der Waals surface area contributed by atoms with E-state index in [-0.39, 0.29) is 5.56 Å². The molecule has 29 heavy (non-hydrogen) atoms. The van der Waals surface area contributed by atoms with E-state index in [9.17, 15) is 21.9 Å². The van der Waals surface area contributed by atoms with Crippen molar-refractivity contribution in [2.75, 3.05) is 0 Å². The molecule has 0 bridgehead atoms. The van der Waals surface area contributed by atoms with E-state index in [2.05, 4.69) is 0 Å². The maximum atomic E-state index is 16.3. The lowest BCUT2D eigenvalue weighted by atomic mass is 10.1. The number of rotatable bonds is 7. The summed E-state index contributed by atoms with van der Waals surface area (Å²) < 4.78 is 65.2. The summed E-state index contributed by atoms with van der Waals surface area (Å²) in [4.78, 5) is -0.968. The largest absolute Gasteiger partial charge is 0.388 e. The Kier molecular flexibility index (Phi) is 5.88. The van der Waals surface area contributed by atoms with Crippen molar-refractivity contribution in [2.45, 2.75) is 26.6 Å². The van der Waals surface area contributed by atoms with Crippen molar-refractivity contribution in [1.82, 2.24) is 0 Å². The fraction of sp³-hybridized carbons (Fsp3) is 0.143. The van der Waals surface area contributed by atoms with Crippen LogP contribution in [0.1, 0.15) is 18.1 Å². The van der Waals surface area contributed by atoms with Gasteiger partial charge in [-0.05, 0) is 29.8 Å². The average Bonchev–Trinajstić information content (AvgIpc) is 2.75. The zero-order valence-electron chi connectivity index (χ0n) is 15.2. The van der Waals surface area contributed by atoms with Gasteiger partial charge < -0.3 is 5.11 Å². The minimum absolute atomic E-state index is 0.209. The normalized spacial score (nSPS) is 13.7. The Hall–Kier alpha value is -2.55. The highest BCUT2D eigenvalue weighted by molar-refractivity contribution is 8.10. The van der Waals surface area contributed by atoms with Gasteiger partial charge in [0.05, 0.1) is 15.9 Å². The molecule has 0 saturated carbocycles. The summed E-state index contributed by atoms with van der Waals surface area (Å²) in [7, 11) is -10.0. The second kappa shape index (κ2) is 8.06. The van der Waals surface area contributed by atoms with Crippen LogP contribution in [-0.4, -0.2) is 26.3 Å². The Bertz CT molecular complexity index is 1090. The number of hydrogen-bond acceptors (Lipinski definition) is 5. The molecule has 8 heteroatoms. The van der Waals surface area contributed by atoms with E-state index in [1.54, 1.807) is 18.2 Å². The predicted molar refractivity (Wildman–Crippen MR) is 107 cm³/mol. The van der Waals surface area contributed by atoms with Crippen molar-refractivity contribution in [2.24, 2.45) is 0 Å². The zero-order valence-corrected chi connectivity index (χ0v) is 16.9. The number of benzene rings is 3. The van der Waals surface area contributed by atoms with Crippen LogP contribution in [0.15, 0.2) is 101 Å². The molecule has 0 aliphatic heterocycles. The van der Waals surface area contributed by atoms with E-state index in [4.69, 9.17) is 0 Å². The molecular formula is C21H19FO5S2. The van der Waals surface area contributed by atoms with Crippen molar-refractivity contribution >= 4 is 19.7 Å². The lowest BCUT2D eigenvalue weighted by molar-refractivity contribution is 0.135. The van der Waals surface area contributed by atoms with E-state index in [0.29, 0.717) is 0 Å². The molecule has 0 radical (unpaired) electrons. The fourth-order valence-electron chi connectivity index (χ4n) is 2.94. The summed E-state index contributed by atoms with van der Waals surface area (Å²) in [6.07, 6.45) is -2.83. The second-order valence-electron chi connectivity index (χ2n) is 6.42. The molecule has 0 aliphatic carbocycles. The molecule has 0 heterocycles. The summed E-state index contributed by atoms with van der Waals surface area (Å²) >= 11 is 0. The molecule has 1 atom stereocenters. The number of sulfone groups is 2. The second-order valence-corrected chi connectivity index (χ2v) is 10.9. The molecule has 0 aromatic heterocycles. The Morgan fingerprint density at radius 3 is 1.41 bits per heavy atom. The van der Waals surface area contributed by atoms with Crippen LogP contribution in [0.2, 0.25) is 0 Å². The monoisotopic (exact) mass is 434 g/mol. The molecule has 3 aromatic carbocycles. The summed E-state index contributed by atoms with van der Waals surface area (Å²) in [5.74, 6) is 0. The van der Waals surface area contributed by atoms with E-state index in [0.717, 1.165) is 24.3 Å². The summed E-state index contributed by atoms with van der Waals surface area (Å²) in [6, 6.07) is 20.8. The van der Waals surface area contributed by atoms with E-state index in [1.807, 2.05) is 0 Å². The van der Waals surface area contributed by atoms with Crippen LogP contribution in [0.5, 0.6) is 0 Å². The zero-order chi connectivity index (χ0) is 21.1. The van der Waals surface area contributed by atoms with Crippen LogP contribution in [0.4, 0.5) is 4.39 Å². The van der Waals surface area contributed by atoms with Gasteiger partial charge in [-0.2, -0.15) is 0 Å². The average molecular weight is 435 g/mol. The Balaban J connectivity index is 2.19. The topological polar surface area (TPSA) is 88.5 Å². The van der Waals surface area contributed by atoms with Crippen LogP contribution in [0, 0.1) is 0 Å². The third kappa shape index (κ3) is 3.83. The fourth-order valence-corrected chi connectivity index (χ4v) is 7.16. The molecule has 0 saturated heterocycles. The van der Waals surface area contributed by atoms with Crippen LogP contribution in [0.25, 0.3) is 0 Å². The van der Waals surface area contributed by atoms with Gasteiger partial charge in [-0.3, -0.25) is 0 Å². The Labute approximate surface area is 169 Å². The number of alkyl halides is 1. The highest BCUT2D eigenvalue weighted by Gasteiger charge is 2.58. The minimum atomic E-state index is -5.02. The van der Waals surface area contributed by atoms with Crippen molar-refractivity contribution in [3.05, 3.63) is 96.6 Å². The first kappa shape index (κ1) is 21.2. The third-order valence-electron chi connectivity index (χ3n) is 4.53. The molecular weight excluding hydrogens is 415 g/mol. The molecule has 0 fully saturated rings. The number of halogens is 1. The van der Waals surface area contributed by atoms with Gasteiger partial charge in [0.25, 0.3) is 0 Å². The maximum Gasteiger partial charge on any atom is 0.320 e. The summed E-state index contributed by atoms with van der Waals surface area (Å²) in [5.41, 5.74) is 0.209. The molecule has 5 nitrogen and oxygen atoms in total. The van der Waals surface area contributed by atoms with Crippen molar-refractivity contribution in [3.63, 3.8) is 0 Å². The van der Waals surface area contributed by atoms with Crippen LogP contribution in [-0.2, 0) is 19.7 Å². The molecule has 0 aliphatic rings. The van der Waals surface area contributed by atoms with Crippen LogP contribution in [0.3, 0.4) is 0 Å². The van der Waals surface area contributed by atoms with E-state index in [1.165, 1.54) is 48.5 Å². The van der Waals surface area contributed by atoms with Gasteiger partial charge in [0.1, 0.15) is 0 Å². The van der Waals surface area contributed by atoms with Gasteiger partial charge in [-0.1, -0.05) is 66.7 Å². The first-order valence-electron chi connectivity index (χ1n) is 8.71. The highest BCUT2D eigenvalue weighted by Crippen LogP contribution is 2.43. The SMILES string of the molecule is O=S(=O)(c1ccccc1)C(F)(CC(O)c1ccccc1)S(=O)(=O)c1ccccc1. The standard InChI is InChI=1S/C21H19FO5S2/c22-21(16-20(23)17-10-4-1-5-11-17,28(24,25)18-12-6-2-7-13-18)29(26,27)19-14-8-3-9-15-19/h1-15,20,23H,16H2. The number of hydrogen-bond donors (Lipinski definition) is 1. The number of aliphatic hydroxyl groups excluding tert-OH is 1. The van der Waals surface area contributed by atoms with Crippen molar-refractivity contribution in [1.29, 1.82) is 0 Å². The molecule has 1 N–H and O–H groups in total. The van der Waals surface area contributed by atoms with Crippen LogP contribution >= 0.6 is 0 Å². The predicted octanol–water partition coefficient (Wildman–Crippen LogP) is 3.68. The Morgan fingerprint density at radius 2 is 1.03 bits per heavy atom. The van der Waals surface area contributed by atoms with Gasteiger partial charge in [0.15, 0.2) is 0 Å². The lowest BCUT2D eigenvalue weighted by Crippen LogP contribution is -2.43. The quantitative estimate of drug-likeness (QED) is 0.613. The van der Waals surface area contributed by atoms with Gasteiger partial charge in [0, 0.05) is 6.42 Å². The van der Waals surface area contributed by atoms with Crippen LogP contribution < -0.4 is 0 Å². The first-order chi connectivity index (χ1) is 13.7. The Morgan fingerprint density at radius 1 is 0.690 bits per heavy atom. The highest BCUT2D eigenvalue weighted by atomic mass is 32.3. The van der Waals surface area contributed by atoms with E-state index >= 15 is 4.39 Å². The van der Waals surface area contributed by atoms with Gasteiger partial charge in [0.2, 0.25) is 19.7 Å². The molecule has 1 unspecified atom stereocenters. The molecule has 0 spiro atoms. The molecule has 3 aromatic rings. The van der Waals surface area contributed by atoms with Gasteiger partial charge in [-0.25, -0.2) is 21.2 Å². The summed E-state index contributed by atoms with van der Waals surface area (Å²) in [6.45, 7) is 0. The summed E-state index contributed by atoms with van der Waals surface area (Å²) in [5, 5.41) is 10.5. The lowest BCUT2D eigenvalue weighted by Gasteiger charge is -2.27. The number of aliphatic hydroxyl groups is 1. The van der Waals surface area contributed by atoms with Gasteiger partial charge in [-0.15, -0.1) is 0 Å². The smallest absolute Gasteiger partial charge is 0.320 e. The molecule has 152 valence electrons. The minimum Gasteiger partial charge on any atom is -0.388 e. The maximum absolute atomic E-state index is 16.3. The molecule has 0 amide bonds. The third-order valence-corrected chi connectivity index (χ3v) is 9.57. The van der Waals surface area contributed by atoms with Crippen molar-refractivity contribution < 1.29 is 26.3 Å². The van der Waals surface area contributed by atoms with Gasteiger partial charge >= 0.3 is 4.33 Å². The van der Waals surface area contributed by atoms with E-state index < -0.39 is 46.3 Å². The van der Waals surface area contributed by atoms with Crippen molar-refractivity contribution in [3.8, 4) is 0 Å². The molecule has 3 rings (SSSR count).